The zero-order valence-corrected chi connectivity index (χ0v) is 8.65. The summed E-state index contributed by atoms with van der Waals surface area (Å²) in [4.78, 5) is 5.68. The van der Waals surface area contributed by atoms with E-state index in [1.807, 2.05) is 17.2 Å². The largest absolute Gasteiger partial charge is 0.406 e. The molecule has 78 valence electrons. The molecule has 0 bridgehead atoms. The first-order valence-corrected chi connectivity index (χ1v) is 5.31. The topological polar surface area (TPSA) is 36.3 Å². The van der Waals surface area contributed by atoms with Crippen LogP contribution in [0.25, 0.3) is 0 Å². The smallest absolute Gasteiger partial charge is 0.147 e. The van der Waals surface area contributed by atoms with Crippen LogP contribution in [0.2, 0.25) is 0 Å². The summed E-state index contributed by atoms with van der Waals surface area (Å²) in [6.07, 6.45) is 3.71. The molecule has 1 aromatic carbocycles. The first-order valence-electron chi connectivity index (χ1n) is 5.31. The number of nitrogens with zero attached hydrogens (tertiary/aromatic N) is 2. The van der Waals surface area contributed by atoms with Gasteiger partial charge in [0.15, 0.2) is 0 Å². The lowest BCUT2D eigenvalue weighted by Crippen LogP contribution is -2.32. The van der Waals surface area contributed by atoms with Gasteiger partial charge in [-0.3, -0.25) is 0 Å². The van der Waals surface area contributed by atoms with E-state index in [-0.39, 0.29) is 0 Å². The summed E-state index contributed by atoms with van der Waals surface area (Å²) in [6.45, 7) is 2.00. The highest BCUT2D eigenvalue weighted by molar-refractivity contribution is 5.34. The highest BCUT2D eigenvalue weighted by Gasteiger charge is 2.11. The van der Waals surface area contributed by atoms with Crippen LogP contribution in [0, 0.1) is 11.3 Å². The lowest BCUT2D eigenvalue weighted by atomic mass is 10.2. The van der Waals surface area contributed by atoms with Crippen molar-refractivity contribution >= 4 is 0 Å². The lowest BCUT2D eigenvalue weighted by Gasteiger charge is -2.25. The van der Waals surface area contributed by atoms with Crippen LogP contribution in [0.4, 0.5) is 0 Å². The van der Waals surface area contributed by atoms with Gasteiger partial charge in [0.25, 0.3) is 0 Å². The van der Waals surface area contributed by atoms with Crippen LogP contribution < -0.4 is 4.84 Å². The molecular weight excluding hydrogens is 188 g/mol. The Morgan fingerprint density at radius 1 is 1.07 bits per heavy atom. The second-order valence-electron chi connectivity index (χ2n) is 3.72. The molecule has 15 heavy (non-hydrogen) atoms. The molecule has 2 rings (SSSR count). The number of hydrogen-bond acceptors (Lipinski definition) is 3. The number of hydroxylamine groups is 2. The molecule has 0 atom stereocenters. The van der Waals surface area contributed by atoms with Gasteiger partial charge in [-0.2, -0.15) is 5.26 Å². The monoisotopic (exact) mass is 202 g/mol. The van der Waals surface area contributed by atoms with Crippen LogP contribution in [-0.4, -0.2) is 18.2 Å². The van der Waals surface area contributed by atoms with Gasteiger partial charge in [-0.05, 0) is 37.1 Å². The second-order valence-corrected chi connectivity index (χ2v) is 3.72. The quantitative estimate of drug-likeness (QED) is 0.738. The molecule has 1 aliphatic rings. The zero-order valence-electron chi connectivity index (χ0n) is 8.65. The fourth-order valence-electron chi connectivity index (χ4n) is 1.70. The Hall–Kier alpha value is -1.53. The number of rotatable bonds is 2. The predicted molar refractivity (Wildman–Crippen MR) is 57.2 cm³/mol. The van der Waals surface area contributed by atoms with E-state index < -0.39 is 0 Å². The van der Waals surface area contributed by atoms with Crippen molar-refractivity contribution in [2.45, 2.75) is 19.3 Å². The maximum atomic E-state index is 8.65. The maximum Gasteiger partial charge on any atom is 0.147 e. The van der Waals surface area contributed by atoms with Gasteiger partial charge in [0.05, 0.1) is 11.6 Å². The van der Waals surface area contributed by atoms with Crippen molar-refractivity contribution in [3.05, 3.63) is 29.8 Å². The number of piperidine rings is 1. The van der Waals surface area contributed by atoms with E-state index in [1.54, 1.807) is 12.1 Å². The number of benzene rings is 1. The molecule has 0 spiro atoms. The summed E-state index contributed by atoms with van der Waals surface area (Å²) >= 11 is 0. The molecular formula is C12H14N2O. The summed E-state index contributed by atoms with van der Waals surface area (Å²) in [5.41, 5.74) is 0.668. The molecule has 3 nitrogen and oxygen atoms in total. The van der Waals surface area contributed by atoms with E-state index in [1.165, 1.54) is 19.3 Å². The Labute approximate surface area is 89.8 Å². The highest BCUT2D eigenvalue weighted by Crippen LogP contribution is 2.16. The molecule has 0 radical (unpaired) electrons. The SMILES string of the molecule is N#Cc1ccc(ON2CCCCC2)cc1. The van der Waals surface area contributed by atoms with Crippen molar-refractivity contribution in [2.75, 3.05) is 13.1 Å². The van der Waals surface area contributed by atoms with Gasteiger partial charge >= 0.3 is 0 Å². The van der Waals surface area contributed by atoms with E-state index in [4.69, 9.17) is 10.1 Å². The van der Waals surface area contributed by atoms with Crippen LogP contribution in [-0.2, 0) is 0 Å². The third-order valence-electron chi connectivity index (χ3n) is 2.53. The number of nitriles is 1. The molecule has 3 heteroatoms. The highest BCUT2D eigenvalue weighted by atomic mass is 16.7. The fourth-order valence-corrected chi connectivity index (χ4v) is 1.70. The van der Waals surface area contributed by atoms with Gasteiger partial charge in [-0.25, -0.2) is 0 Å². The van der Waals surface area contributed by atoms with Gasteiger partial charge in [0.1, 0.15) is 5.75 Å². The van der Waals surface area contributed by atoms with E-state index in [0.29, 0.717) is 5.56 Å². The molecule has 0 aromatic heterocycles. The normalized spacial score (nSPS) is 17.0. The predicted octanol–water partition coefficient (Wildman–Crippen LogP) is 2.34. The Morgan fingerprint density at radius 2 is 1.73 bits per heavy atom. The minimum absolute atomic E-state index is 0.668. The molecule has 1 heterocycles. The molecule has 1 aliphatic heterocycles. The van der Waals surface area contributed by atoms with Crippen molar-refractivity contribution in [1.29, 1.82) is 5.26 Å². The molecule has 0 saturated carbocycles. The second kappa shape index (κ2) is 4.81. The third kappa shape index (κ3) is 2.71. The van der Waals surface area contributed by atoms with Crippen LogP contribution in [0.15, 0.2) is 24.3 Å². The zero-order chi connectivity index (χ0) is 10.5. The summed E-state index contributed by atoms with van der Waals surface area (Å²) < 4.78 is 0. The summed E-state index contributed by atoms with van der Waals surface area (Å²) in [5.74, 6) is 0.816. The van der Waals surface area contributed by atoms with E-state index >= 15 is 0 Å². The minimum Gasteiger partial charge on any atom is -0.406 e. The fraction of sp³-hybridized carbons (Fsp3) is 0.417. The molecule has 1 aromatic rings. The molecule has 0 N–H and O–H groups in total. The maximum absolute atomic E-state index is 8.65. The summed E-state index contributed by atoms with van der Waals surface area (Å²) in [5, 5.41) is 10.6. The average Bonchev–Trinajstić information content (AvgIpc) is 2.31. The van der Waals surface area contributed by atoms with Gasteiger partial charge in [-0.1, -0.05) is 6.42 Å². The van der Waals surface area contributed by atoms with Crippen molar-refractivity contribution in [3.8, 4) is 11.8 Å². The van der Waals surface area contributed by atoms with E-state index in [9.17, 15) is 0 Å². The van der Waals surface area contributed by atoms with Crippen molar-refractivity contribution in [1.82, 2.24) is 5.06 Å². The molecule has 1 fully saturated rings. The molecule has 0 aliphatic carbocycles. The molecule has 0 amide bonds. The molecule has 0 unspecified atom stereocenters. The first-order chi connectivity index (χ1) is 7.38. The van der Waals surface area contributed by atoms with Gasteiger partial charge in [0.2, 0.25) is 0 Å². The standard InChI is InChI=1S/C12H14N2O/c13-10-11-4-6-12(7-5-11)15-14-8-2-1-3-9-14/h4-7H,1-3,8-9H2. The van der Waals surface area contributed by atoms with E-state index in [0.717, 1.165) is 18.8 Å². The van der Waals surface area contributed by atoms with Crippen LogP contribution >= 0.6 is 0 Å². The van der Waals surface area contributed by atoms with Gasteiger partial charge < -0.3 is 4.84 Å². The van der Waals surface area contributed by atoms with Crippen LogP contribution in [0.3, 0.4) is 0 Å². The van der Waals surface area contributed by atoms with E-state index in [2.05, 4.69) is 6.07 Å². The third-order valence-corrected chi connectivity index (χ3v) is 2.53. The van der Waals surface area contributed by atoms with Crippen LogP contribution in [0.1, 0.15) is 24.8 Å². The summed E-state index contributed by atoms with van der Waals surface area (Å²) in [6, 6.07) is 9.32. The van der Waals surface area contributed by atoms with Crippen molar-refractivity contribution in [2.24, 2.45) is 0 Å². The average molecular weight is 202 g/mol. The Morgan fingerprint density at radius 3 is 2.33 bits per heavy atom. The Kier molecular flexibility index (Phi) is 3.21. The summed E-state index contributed by atoms with van der Waals surface area (Å²) in [7, 11) is 0. The number of hydrogen-bond donors (Lipinski definition) is 0. The first kappa shape index (κ1) is 10.0. The van der Waals surface area contributed by atoms with Gasteiger partial charge in [-0.15, -0.1) is 5.06 Å². The van der Waals surface area contributed by atoms with Crippen molar-refractivity contribution < 1.29 is 4.84 Å². The minimum atomic E-state index is 0.668. The lowest BCUT2D eigenvalue weighted by molar-refractivity contribution is -0.0720. The van der Waals surface area contributed by atoms with Crippen molar-refractivity contribution in [3.63, 3.8) is 0 Å². The Balaban J connectivity index is 1.95. The van der Waals surface area contributed by atoms with Gasteiger partial charge in [0, 0.05) is 13.1 Å². The molecule has 1 saturated heterocycles. The van der Waals surface area contributed by atoms with Crippen LogP contribution in [0.5, 0.6) is 5.75 Å². The Bertz CT molecular complexity index is 347.